The average Bonchev–Trinajstić information content (AvgIpc) is 3.29. The number of anilines is 2. The highest BCUT2D eigenvalue weighted by molar-refractivity contribution is 6.35. The standard InChI is InChI=1S/C30H32ClF5N6O2/c1-15-10-19(37)38-25(22(15)30(34,35)36)21-23(31)18-5-4-17-13-43-9-3-8-42(17)27-20(18)26(24(21)33)39-28(40-27)44-14-29-6-2-7-41(29)12-16(32)11-29/h10,16-17H,2-9,11-14H2,1H3,(H2,37,38)/t16-,17?,29+/m1/s1. The molecule has 3 fully saturated rings. The molecule has 4 aliphatic rings. The van der Waals surface area contributed by atoms with Gasteiger partial charge in [0.25, 0.3) is 0 Å². The van der Waals surface area contributed by atoms with E-state index in [1.54, 1.807) is 0 Å². The van der Waals surface area contributed by atoms with Gasteiger partial charge in [0.1, 0.15) is 29.9 Å². The molecule has 0 amide bonds. The first kappa shape index (κ1) is 29.7. The normalized spacial score (nSPS) is 25.6. The van der Waals surface area contributed by atoms with Crippen LogP contribution in [-0.2, 0) is 17.3 Å². The zero-order valence-corrected chi connectivity index (χ0v) is 24.9. The fourth-order valence-electron chi connectivity index (χ4n) is 7.60. The molecule has 0 aliphatic carbocycles. The molecule has 236 valence electrons. The summed E-state index contributed by atoms with van der Waals surface area (Å²) in [5, 5.41) is 0.142. The molecule has 1 aromatic carbocycles. The van der Waals surface area contributed by atoms with Crippen molar-refractivity contribution in [1.82, 2.24) is 19.9 Å². The van der Waals surface area contributed by atoms with Gasteiger partial charge in [-0.2, -0.15) is 23.1 Å². The van der Waals surface area contributed by atoms with Crippen LogP contribution in [-0.4, -0.2) is 77.1 Å². The van der Waals surface area contributed by atoms with Gasteiger partial charge in [-0.3, -0.25) is 4.90 Å². The number of hydrogen-bond donors (Lipinski definition) is 1. The van der Waals surface area contributed by atoms with E-state index in [2.05, 4.69) is 14.9 Å². The number of nitrogen functional groups attached to an aromatic ring is 1. The fraction of sp³-hybridized carbons (Fsp3) is 0.567. The molecule has 7 rings (SSSR count). The number of rotatable bonds is 4. The highest BCUT2D eigenvalue weighted by Gasteiger charge is 2.49. The van der Waals surface area contributed by atoms with Crippen LogP contribution in [0.3, 0.4) is 0 Å². The number of benzene rings is 1. The minimum Gasteiger partial charge on any atom is -0.461 e. The van der Waals surface area contributed by atoms with Crippen LogP contribution < -0.4 is 15.4 Å². The average molecular weight is 639 g/mol. The van der Waals surface area contributed by atoms with Gasteiger partial charge in [0.2, 0.25) is 0 Å². The summed E-state index contributed by atoms with van der Waals surface area (Å²) in [5.41, 5.74) is 3.05. The number of pyridine rings is 1. The lowest BCUT2D eigenvalue weighted by atomic mass is 9.94. The number of nitrogens with zero attached hydrogens (tertiary/aromatic N) is 5. The molecule has 6 heterocycles. The third kappa shape index (κ3) is 4.82. The monoisotopic (exact) mass is 638 g/mol. The van der Waals surface area contributed by atoms with E-state index in [1.807, 2.05) is 4.90 Å². The summed E-state index contributed by atoms with van der Waals surface area (Å²) in [6, 6.07) is 0.828. The van der Waals surface area contributed by atoms with Crippen molar-refractivity contribution in [2.75, 3.05) is 50.1 Å². The molecule has 0 bridgehead atoms. The lowest BCUT2D eigenvalue weighted by Gasteiger charge is -2.32. The molecular weight excluding hydrogens is 607 g/mol. The summed E-state index contributed by atoms with van der Waals surface area (Å²) in [6.45, 7) is 3.95. The van der Waals surface area contributed by atoms with Crippen LogP contribution in [0.15, 0.2) is 6.07 Å². The molecule has 3 aromatic rings. The third-order valence-electron chi connectivity index (χ3n) is 9.51. The van der Waals surface area contributed by atoms with Gasteiger partial charge in [0, 0.05) is 26.1 Å². The second-order valence-electron chi connectivity index (χ2n) is 12.3. The maximum absolute atomic E-state index is 16.8. The summed E-state index contributed by atoms with van der Waals surface area (Å²) in [5.74, 6) is -0.878. The summed E-state index contributed by atoms with van der Waals surface area (Å²) in [7, 11) is 0. The van der Waals surface area contributed by atoms with Crippen molar-refractivity contribution in [2.24, 2.45) is 0 Å². The van der Waals surface area contributed by atoms with Gasteiger partial charge in [-0.25, -0.2) is 13.8 Å². The highest BCUT2D eigenvalue weighted by Crippen LogP contribution is 2.48. The Morgan fingerprint density at radius 2 is 2.02 bits per heavy atom. The zero-order valence-electron chi connectivity index (χ0n) is 24.1. The molecule has 0 saturated carbocycles. The zero-order chi connectivity index (χ0) is 31.0. The quantitative estimate of drug-likeness (QED) is 0.354. The molecule has 2 N–H and O–H groups in total. The van der Waals surface area contributed by atoms with Crippen LogP contribution in [0.25, 0.3) is 22.2 Å². The van der Waals surface area contributed by atoms with E-state index < -0.39 is 40.5 Å². The SMILES string of the molecule is Cc1cc(N)nc(-c2c(Cl)c3c4c(nc(OC[C@@]56CCCN5C[C@H](F)C6)nc4c2F)N2CCCOCC2CC3)c1C(F)(F)F. The Kier molecular flexibility index (Phi) is 7.28. The molecule has 3 saturated heterocycles. The Bertz CT molecular complexity index is 1640. The van der Waals surface area contributed by atoms with Gasteiger partial charge in [0.15, 0.2) is 5.82 Å². The number of fused-ring (bicyclic) bond motifs is 3. The molecule has 14 heteroatoms. The predicted octanol–water partition coefficient (Wildman–Crippen LogP) is 5.89. The van der Waals surface area contributed by atoms with Crippen LogP contribution in [0.5, 0.6) is 6.01 Å². The number of halogens is 6. The van der Waals surface area contributed by atoms with Gasteiger partial charge in [-0.05, 0) is 62.8 Å². The number of aryl methyl sites for hydroxylation is 2. The Balaban J connectivity index is 1.44. The first-order chi connectivity index (χ1) is 21.0. The van der Waals surface area contributed by atoms with Crippen LogP contribution in [0.2, 0.25) is 5.02 Å². The minimum absolute atomic E-state index is 0.105. The molecule has 4 aliphatic heterocycles. The van der Waals surface area contributed by atoms with E-state index in [1.165, 1.54) is 6.92 Å². The molecule has 2 aromatic heterocycles. The number of nitrogens with two attached hydrogens (primary N) is 1. The van der Waals surface area contributed by atoms with Crippen LogP contribution >= 0.6 is 11.6 Å². The van der Waals surface area contributed by atoms with Gasteiger partial charge in [0.05, 0.1) is 45.4 Å². The van der Waals surface area contributed by atoms with Crippen molar-refractivity contribution < 1.29 is 31.4 Å². The highest BCUT2D eigenvalue weighted by atomic mass is 35.5. The van der Waals surface area contributed by atoms with E-state index in [0.29, 0.717) is 68.8 Å². The van der Waals surface area contributed by atoms with E-state index in [4.69, 9.17) is 31.8 Å². The maximum Gasteiger partial charge on any atom is 0.418 e. The lowest BCUT2D eigenvalue weighted by molar-refractivity contribution is -0.137. The molecule has 8 nitrogen and oxygen atoms in total. The Morgan fingerprint density at radius 1 is 1.20 bits per heavy atom. The molecule has 3 atom stereocenters. The van der Waals surface area contributed by atoms with E-state index in [0.717, 1.165) is 25.5 Å². The van der Waals surface area contributed by atoms with Crippen LogP contribution in [0.4, 0.5) is 33.6 Å². The number of aromatic nitrogens is 3. The summed E-state index contributed by atoms with van der Waals surface area (Å²) >= 11 is 6.86. The predicted molar refractivity (Wildman–Crippen MR) is 155 cm³/mol. The van der Waals surface area contributed by atoms with E-state index in [-0.39, 0.29) is 40.6 Å². The van der Waals surface area contributed by atoms with Crippen molar-refractivity contribution >= 4 is 34.1 Å². The van der Waals surface area contributed by atoms with Crippen LogP contribution in [0.1, 0.15) is 48.8 Å². The summed E-state index contributed by atoms with van der Waals surface area (Å²) < 4.78 is 86.3. The van der Waals surface area contributed by atoms with Crippen molar-refractivity contribution in [3.63, 3.8) is 0 Å². The fourth-order valence-corrected chi connectivity index (χ4v) is 7.96. The summed E-state index contributed by atoms with van der Waals surface area (Å²) in [6.07, 6.45) is -2.30. The Labute approximate surface area is 255 Å². The molecule has 1 unspecified atom stereocenters. The van der Waals surface area contributed by atoms with Gasteiger partial charge < -0.3 is 20.1 Å². The first-order valence-corrected chi connectivity index (χ1v) is 15.3. The maximum atomic E-state index is 16.8. The molecule has 0 spiro atoms. The van der Waals surface area contributed by atoms with Gasteiger partial charge in [-0.15, -0.1) is 0 Å². The smallest absolute Gasteiger partial charge is 0.418 e. The topological polar surface area (TPSA) is 89.6 Å². The minimum atomic E-state index is -4.86. The first-order valence-electron chi connectivity index (χ1n) is 14.9. The number of hydrogen-bond acceptors (Lipinski definition) is 8. The van der Waals surface area contributed by atoms with E-state index >= 15 is 4.39 Å². The largest absolute Gasteiger partial charge is 0.461 e. The van der Waals surface area contributed by atoms with Gasteiger partial charge in [-0.1, -0.05) is 11.6 Å². The Hall–Kier alpha value is -3.03. The number of ether oxygens (including phenoxy) is 2. The molecular formula is C30H32ClF5N6O2. The second-order valence-corrected chi connectivity index (χ2v) is 12.7. The van der Waals surface area contributed by atoms with Crippen molar-refractivity contribution in [3.05, 3.63) is 33.6 Å². The van der Waals surface area contributed by atoms with Gasteiger partial charge >= 0.3 is 12.2 Å². The van der Waals surface area contributed by atoms with Crippen molar-refractivity contribution in [1.29, 1.82) is 0 Å². The molecule has 44 heavy (non-hydrogen) atoms. The van der Waals surface area contributed by atoms with Crippen molar-refractivity contribution in [2.45, 2.75) is 69.4 Å². The molecule has 0 radical (unpaired) electrons. The summed E-state index contributed by atoms with van der Waals surface area (Å²) in [4.78, 5) is 17.3. The van der Waals surface area contributed by atoms with E-state index in [9.17, 15) is 17.6 Å². The second kappa shape index (κ2) is 10.8. The number of alkyl halides is 4. The third-order valence-corrected chi connectivity index (χ3v) is 9.93. The van der Waals surface area contributed by atoms with Crippen molar-refractivity contribution in [3.8, 4) is 17.3 Å². The Morgan fingerprint density at radius 3 is 2.82 bits per heavy atom. The van der Waals surface area contributed by atoms with Crippen LogP contribution in [0, 0.1) is 12.7 Å². The lowest BCUT2D eigenvalue weighted by Crippen LogP contribution is -2.43.